The highest BCUT2D eigenvalue weighted by Gasteiger charge is 2.14. The topological polar surface area (TPSA) is 107 Å². The minimum atomic E-state index is -0.673. The number of ketones is 1. The van der Waals surface area contributed by atoms with Crippen LogP contribution in [0.25, 0.3) is 10.9 Å². The second kappa shape index (κ2) is 9.56. The van der Waals surface area contributed by atoms with Gasteiger partial charge in [0.05, 0.1) is 17.6 Å². The minimum absolute atomic E-state index is 0.0264. The first-order valence-corrected chi connectivity index (χ1v) is 9.83. The van der Waals surface area contributed by atoms with Crippen LogP contribution in [0.3, 0.4) is 0 Å². The number of carbonyl (C=O) groups is 1. The van der Waals surface area contributed by atoms with Crippen molar-refractivity contribution in [3.8, 4) is 29.3 Å². The molecule has 0 bridgehead atoms. The molecule has 0 unspecified atom stereocenters. The monoisotopic (exact) mass is 467 g/mol. The lowest BCUT2D eigenvalue weighted by Crippen LogP contribution is -1.98. The number of benzene rings is 2. The number of nitrogens with zero attached hydrogens (tertiary/aromatic N) is 2. The fraction of sp³-hybridized carbons (Fsp3) is 0.0870. The number of rotatable bonds is 6. The largest absolute Gasteiger partial charge is 0.493 e. The van der Waals surface area contributed by atoms with E-state index in [0.29, 0.717) is 33.9 Å². The fourth-order valence-corrected chi connectivity index (χ4v) is 3.02. The molecule has 4 aromatic rings. The molecule has 0 aliphatic carbocycles. The molecule has 4 rings (SSSR count). The van der Waals surface area contributed by atoms with Gasteiger partial charge in [0.15, 0.2) is 17.3 Å². The van der Waals surface area contributed by atoms with Gasteiger partial charge in [-0.1, -0.05) is 11.6 Å². The van der Waals surface area contributed by atoms with Gasteiger partial charge in [-0.15, -0.1) is 0 Å². The number of methoxy groups -OCH3 is 1. The van der Waals surface area contributed by atoms with Crippen LogP contribution in [-0.4, -0.2) is 34.6 Å². The van der Waals surface area contributed by atoms with Crippen molar-refractivity contribution in [1.82, 2.24) is 9.97 Å². The van der Waals surface area contributed by atoms with Crippen LogP contribution in [0.4, 0.5) is 15.9 Å². The van der Waals surface area contributed by atoms with E-state index in [4.69, 9.17) is 30.6 Å². The molecule has 0 aliphatic rings. The van der Waals surface area contributed by atoms with Gasteiger partial charge < -0.3 is 24.3 Å². The number of halogens is 2. The average Bonchev–Trinajstić information content (AvgIpc) is 3.27. The molecular weight excluding hydrogens is 453 g/mol. The Kier molecular flexibility index (Phi) is 6.40. The van der Waals surface area contributed by atoms with Gasteiger partial charge in [0.2, 0.25) is 5.78 Å². The van der Waals surface area contributed by atoms with Crippen molar-refractivity contribution in [2.75, 3.05) is 19.0 Å². The summed E-state index contributed by atoms with van der Waals surface area (Å²) in [6.07, 6.45) is 1.38. The highest BCUT2D eigenvalue weighted by molar-refractivity contribution is 6.31. The summed E-state index contributed by atoms with van der Waals surface area (Å²) in [5, 5.41) is 12.4. The van der Waals surface area contributed by atoms with Gasteiger partial charge in [0, 0.05) is 23.2 Å². The van der Waals surface area contributed by atoms with E-state index < -0.39 is 18.2 Å². The maximum Gasteiger partial charge on any atom is 0.291 e. The number of carbonyl (C=O) groups excluding carboxylic acids is 1. The lowest BCUT2D eigenvalue weighted by molar-refractivity contribution is -0.116. The van der Waals surface area contributed by atoms with E-state index in [-0.39, 0.29) is 16.7 Å². The molecule has 2 aromatic heterocycles. The number of ether oxygens (including phenoxy) is 2. The number of furan rings is 1. The summed E-state index contributed by atoms with van der Waals surface area (Å²) in [7, 11) is 1.48. The van der Waals surface area contributed by atoms with Crippen LogP contribution in [0, 0.1) is 17.7 Å². The third kappa shape index (κ3) is 5.03. The van der Waals surface area contributed by atoms with Gasteiger partial charge in [-0.05, 0) is 42.2 Å². The van der Waals surface area contributed by atoms with Crippen molar-refractivity contribution in [3.63, 3.8) is 0 Å². The zero-order valence-corrected chi connectivity index (χ0v) is 17.8. The fourth-order valence-electron chi connectivity index (χ4n) is 2.83. The summed E-state index contributed by atoms with van der Waals surface area (Å²) >= 11 is 5.87. The van der Waals surface area contributed by atoms with Gasteiger partial charge in [-0.25, -0.2) is 14.4 Å². The number of aromatic nitrogens is 2. The summed E-state index contributed by atoms with van der Waals surface area (Å²) < 4.78 is 30.2. The number of aliphatic hydroxyl groups excluding tert-OH is 1. The van der Waals surface area contributed by atoms with E-state index in [1.54, 1.807) is 12.1 Å². The standard InChI is InChI=1S/C23H15ClFN3O5/c1-31-20-10-19-16(23(27-12-26-19)28-13-2-6-18(25)17(24)8-13)9-21(20)33-22-7-5-15(32-22)4-3-14(30)11-29/h2,5-10,12,29H,11H2,1H3,(H,26,27,28). The molecule has 0 saturated carbocycles. The normalized spacial score (nSPS) is 10.4. The Balaban J connectivity index is 1.67. The molecule has 33 heavy (non-hydrogen) atoms. The predicted molar refractivity (Wildman–Crippen MR) is 119 cm³/mol. The molecule has 0 saturated heterocycles. The maximum atomic E-state index is 13.5. The van der Waals surface area contributed by atoms with Gasteiger partial charge >= 0.3 is 0 Å². The molecule has 0 radical (unpaired) electrons. The van der Waals surface area contributed by atoms with Crippen LogP contribution in [0.1, 0.15) is 5.76 Å². The maximum absolute atomic E-state index is 13.5. The number of fused-ring (bicyclic) bond motifs is 1. The Hall–Kier alpha value is -4.13. The van der Waals surface area contributed by atoms with E-state index in [1.165, 1.54) is 43.8 Å². The number of hydrogen-bond donors (Lipinski definition) is 2. The molecule has 0 amide bonds. The second-order valence-electron chi connectivity index (χ2n) is 6.55. The average molecular weight is 468 g/mol. The second-order valence-corrected chi connectivity index (χ2v) is 6.96. The number of hydrogen-bond acceptors (Lipinski definition) is 8. The van der Waals surface area contributed by atoms with Crippen LogP contribution < -0.4 is 14.8 Å². The molecule has 0 spiro atoms. The molecule has 0 aliphatic heterocycles. The lowest BCUT2D eigenvalue weighted by Gasteiger charge is -2.13. The van der Waals surface area contributed by atoms with Gasteiger partial charge in [0.1, 0.15) is 24.6 Å². The van der Waals surface area contributed by atoms with Gasteiger partial charge in [0.25, 0.3) is 5.95 Å². The van der Waals surface area contributed by atoms with Crippen LogP contribution in [-0.2, 0) is 4.79 Å². The summed E-state index contributed by atoms with van der Waals surface area (Å²) in [6, 6.07) is 10.6. The van der Waals surface area contributed by atoms with Gasteiger partial charge in [-0.3, -0.25) is 4.79 Å². The summed E-state index contributed by atoms with van der Waals surface area (Å²) in [5.41, 5.74) is 1.10. The van der Waals surface area contributed by atoms with Crippen molar-refractivity contribution < 1.29 is 28.2 Å². The molecule has 0 atom stereocenters. The Morgan fingerprint density at radius 1 is 1.21 bits per heavy atom. The lowest BCUT2D eigenvalue weighted by atomic mass is 10.2. The molecule has 10 heteroatoms. The summed E-state index contributed by atoms with van der Waals surface area (Å²) in [6.45, 7) is -0.673. The minimum Gasteiger partial charge on any atom is -0.493 e. The smallest absolute Gasteiger partial charge is 0.291 e. The van der Waals surface area contributed by atoms with E-state index in [1.807, 2.05) is 0 Å². The third-order valence-corrected chi connectivity index (χ3v) is 4.65. The van der Waals surface area contributed by atoms with Crippen molar-refractivity contribution in [1.29, 1.82) is 0 Å². The quantitative estimate of drug-likeness (QED) is 0.400. The Bertz CT molecular complexity index is 1410. The molecule has 2 heterocycles. The zero-order valence-electron chi connectivity index (χ0n) is 17.1. The number of anilines is 2. The number of nitrogens with one attached hydrogen (secondary N) is 1. The van der Waals surface area contributed by atoms with E-state index in [0.717, 1.165) is 0 Å². The van der Waals surface area contributed by atoms with Crippen molar-refractivity contribution in [2.24, 2.45) is 0 Å². The highest BCUT2D eigenvalue weighted by Crippen LogP contribution is 2.37. The Labute approximate surface area is 191 Å². The first-order chi connectivity index (χ1) is 16.0. The first kappa shape index (κ1) is 22.1. The molecule has 8 nitrogen and oxygen atoms in total. The SMILES string of the molecule is COc1cc2ncnc(Nc3ccc(F)c(Cl)c3)c2cc1Oc1ccc(C#CC(=O)CO)o1. The summed E-state index contributed by atoms with van der Waals surface area (Å²) in [4.78, 5) is 19.7. The first-order valence-electron chi connectivity index (χ1n) is 9.45. The third-order valence-electron chi connectivity index (χ3n) is 4.36. The number of Topliss-reactive ketones (excluding diaryl/α,β-unsaturated/α-hetero) is 1. The van der Waals surface area contributed by atoms with E-state index in [9.17, 15) is 9.18 Å². The van der Waals surface area contributed by atoms with Crippen molar-refractivity contribution in [2.45, 2.75) is 0 Å². The van der Waals surface area contributed by atoms with Crippen LogP contribution >= 0.6 is 11.6 Å². The molecular formula is C23H15ClFN3O5. The number of aliphatic hydroxyl groups is 1. The molecule has 2 N–H and O–H groups in total. The van der Waals surface area contributed by atoms with Crippen LogP contribution in [0.2, 0.25) is 5.02 Å². The Morgan fingerprint density at radius 2 is 2.06 bits per heavy atom. The van der Waals surface area contributed by atoms with Crippen LogP contribution in [0.5, 0.6) is 17.4 Å². The van der Waals surface area contributed by atoms with E-state index in [2.05, 4.69) is 27.1 Å². The van der Waals surface area contributed by atoms with Crippen molar-refractivity contribution in [3.05, 3.63) is 65.4 Å². The molecule has 166 valence electrons. The Morgan fingerprint density at radius 3 is 2.82 bits per heavy atom. The zero-order chi connectivity index (χ0) is 23.4. The highest BCUT2D eigenvalue weighted by atomic mass is 35.5. The van der Waals surface area contributed by atoms with Gasteiger partial charge in [-0.2, -0.15) is 0 Å². The summed E-state index contributed by atoms with van der Waals surface area (Å²) in [5.74, 6) is 4.99. The molecule has 2 aromatic carbocycles. The predicted octanol–water partition coefficient (Wildman–Crippen LogP) is 4.47. The van der Waals surface area contributed by atoms with Crippen molar-refractivity contribution >= 4 is 39.8 Å². The van der Waals surface area contributed by atoms with E-state index >= 15 is 0 Å². The van der Waals surface area contributed by atoms with Crippen LogP contribution in [0.15, 0.2) is 53.2 Å². The molecule has 0 fully saturated rings.